The Labute approximate surface area is 198 Å². The van der Waals surface area contributed by atoms with Gasteiger partial charge in [-0.2, -0.15) is 0 Å². The van der Waals surface area contributed by atoms with Gasteiger partial charge in [0.25, 0.3) is 0 Å². The number of fused-ring (bicyclic) bond motifs is 1. The van der Waals surface area contributed by atoms with Crippen LogP contribution in [0.3, 0.4) is 0 Å². The van der Waals surface area contributed by atoms with Crippen LogP contribution < -0.4 is 11.9 Å². The number of nitrogens with zero attached hydrogens (tertiary/aromatic N) is 4. The van der Waals surface area contributed by atoms with Gasteiger partial charge >= 0.3 is 0 Å². The molecule has 1 aromatic carbocycles. The Morgan fingerprint density at radius 3 is 2.44 bits per heavy atom. The van der Waals surface area contributed by atoms with Crippen molar-refractivity contribution in [3.05, 3.63) is 36.2 Å². The second-order valence-corrected chi connectivity index (χ2v) is 9.58. The molecule has 1 fully saturated rings. The number of rotatable bonds is 7. The fourth-order valence-corrected chi connectivity index (χ4v) is 4.66. The maximum absolute atomic E-state index is 11.0. The standard InChI is InChI=1S/C18H21N5O7S2.H3N.H2O/c19-15-12-16(23(8-20-12)17-14(26)13(25)11(7-24)30-17)22-18(21-15)31-6-5-9-1-3-10(4-2-9)32(27,28)29;;/h1-4,8,11,13-14,17,24-26H,5-7H2,(H2,19,21,22)(H,27,28,29);1H3;1H2/t11-,13-,14-,17-;;/m1../s1. The van der Waals surface area contributed by atoms with Crippen molar-refractivity contribution in [2.24, 2.45) is 0 Å². The molecule has 0 bridgehead atoms. The predicted molar refractivity (Wildman–Crippen MR) is 121 cm³/mol. The molecule has 1 saturated heterocycles. The normalized spacial score (nSPS) is 22.4. The highest BCUT2D eigenvalue weighted by Gasteiger charge is 2.44. The summed E-state index contributed by atoms with van der Waals surface area (Å²) in [6.07, 6.45) is -2.58. The molecule has 0 amide bonds. The summed E-state index contributed by atoms with van der Waals surface area (Å²) in [6, 6.07) is 5.67. The molecule has 0 spiro atoms. The van der Waals surface area contributed by atoms with Gasteiger partial charge in [0.1, 0.15) is 33.9 Å². The van der Waals surface area contributed by atoms with Gasteiger partial charge in [0.15, 0.2) is 22.8 Å². The number of aromatic nitrogens is 4. The van der Waals surface area contributed by atoms with Crippen LogP contribution >= 0.6 is 11.8 Å². The van der Waals surface area contributed by atoms with Gasteiger partial charge in [-0.1, -0.05) is 23.9 Å². The fraction of sp³-hybridized carbons (Fsp3) is 0.389. The first-order valence-corrected chi connectivity index (χ1v) is 11.9. The number of hydrogen-bond acceptors (Lipinski definition) is 12. The van der Waals surface area contributed by atoms with Crippen LogP contribution in [0.15, 0.2) is 40.6 Å². The molecule has 0 saturated carbocycles. The van der Waals surface area contributed by atoms with Crippen LogP contribution in [-0.2, 0) is 21.3 Å². The molecule has 1 aliphatic heterocycles. The molecule has 0 unspecified atom stereocenters. The minimum absolute atomic E-state index is 0. The SMILES string of the molecule is Nc1nc(SCCc2ccc(S(=O)(=O)[O-])cc2)nc2c1ncn2[C@@H]1O[C@H](CO)[C@@H](O)[C@H]1O.O.[NH4+]. The minimum Gasteiger partial charge on any atom is -0.744 e. The van der Waals surface area contributed by atoms with E-state index in [9.17, 15) is 28.3 Å². The third-order valence-electron chi connectivity index (χ3n) is 5.05. The van der Waals surface area contributed by atoms with Crippen LogP contribution in [0, 0.1) is 0 Å². The second-order valence-electron chi connectivity index (χ2n) is 7.14. The van der Waals surface area contributed by atoms with Crippen molar-refractivity contribution in [1.29, 1.82) is 0 Å². The molecule has 16 heteroatoms. The maximum atomic E-state index is 11.0. The number of aliphatic hydroxyl groups excluding tert-OH is 3. The zero-order chi connectivity index (χ0) is 23.0. The highest BCUT2D eigenvalue weighted by Crippen LogP contribution is 2.32. The van der Waals surface area contributed by atoms with Gasteiger partial charge in [-0.05, 0) is 24.1 Å². The van der Waals surface area contributed by atoms with E-state index in [1.165, 1.54) is 34.8 Å². The summed E-state index contributed by atoms with van der Waals surface area (Å²) in [4.78, 5) is 12.5. The number of hydrogen-bond donors (Lipinski definition) is 5. The average molecular weight is 519 g/mol. The van der Waals surface area contributed by atoms with E-state index in [-0.39, 0.29) is 22.3 Å². The average Bonchev–Trinajstić information content (AvgIpc) is 3.29. The minimum atomic E-state index is -4.48. The smallest absolute Gasteiger partial charge is 0.191 e. The Kier molecular flexibility index (Phi) is 8.92. The van der Waals surface area contributed by atoms with Crippen LogP contribution in [-0.4, -0.2) is 84.0 Å². The third-order valence-corrected chi connectivity index (χ3v) is 6.75. The van der Waals surface area contributed by atoms with Crippen LogP contribution in [0.2, 0.25) is 0 Å². The fourth-order valence-electron chi connectivity index (χ4n) is 3.36. The van der Waals surface area contributed by atoms with E-state index in [1.54, 1.807) is 12.1 Å². The predicted octanol–water partition coefficient (Wildman–Crippen LogP) is -1.19. The van der Waals surface area contributed by atoms with Crippen molar-refractivity contribution in [3.63, 3.8) is 0 Å². The number of ether oxygens (including phenoxy) is 1. The Morgan fingerprint density at radius 2 is 1.85 bits per heavy atom. The van der Waals surface area contributed by atoms with E-state index in [4.69, 9.17) is 10.5 Å². The van der Waals surface area contributed by atoms with Crippen molar-refractivity contribution < 1.29 is 38.5 Å². The lowest BCUT2D eigenvalue weighted by Gasteiger charge is -2.16. The highest BCUT2D eigenvalue weighted by atomic mass is 32.2. The molecule has 34 heavy (non-hydrogen) atoms. The number of thioether (sulfide) groups is 1. The van der Waals surface area contributed by atoms with Crippen LogP contribution in [0.4, 0.5) is 5.82 Å². The number of quaternary nitrogens is 1. The summed E-state index contributed by atoms with van der Waals surface area (Å²) in [7, 11) is -4.48. The van der Waals surface area contributed by atoms with Gasteiger partial charge in [0, 0.05) is 5.75 Å². The largest absolute Gasteiger partial charge is 0.744 e. The van der Waals surface area contributed by atoms with Gasteiger partial charge in [-0.15, -0.1) is 0 Å². The molecule has 2 aromatic heterocycles. The van der Waals surface area contributed by atoms with Gasteiger partial charge < -0.3 is 42.0 Å². The Hall–Kier alpha value is -2.41. The van der Waals surface area contributed by atoms with E-state index < -0.39 is 41.3 Å². The molecule has 14 nitrogen and oxygen atoms in total. The zero-order valence-corrected chi connectivity index (χ0v) is 19.6. The van der Waals surface area contributed by atoms with E-state index in [0.29, 0.717) is 28.5 Å². The quantitative estimate of drug-likeness (QED) is 0.140. The van der Waals surface area contributed by atoms with E-state index in [1.807, 2.05) is 0 Å². The molecular weight excluding hydrogens is 492 g/mol. The Morgan fingerprint density at radius 1 is 1.18 bits per heavy atom. The van der Waals surface area contributed by atoms with Crippen molar-refractivity contribution in [2.75, 3.05) is 18.1 Å². The molecule has 3 heterocycles. The number of aliphatic hydroxyl groups is 3. The molecule has 4 rings (SSSR count). The Bertz CT molecular complexity index is 1220. The van der Waals surface area contributed by atoms with E-state index in [0.717, 1.165) is 5.56 Å². The molecule has 0 aliphatic carbocycles. The van der Waals surface area contributed by atoms with Crippen molar-refractivity contribution >= 4 is 38.9 Å². The lowest BCUT2D eigenvalue weighted by Crippen LogP contribution is -2.33. The number of nitrogen functional groups attached to an aromatic ring is 1. The highest BCUT2D eigenvalue weighted by molar-refractivity contribution is 7.99. The van der Waals surface area contributed by atoms with Gasteiger partial charge in [0.2, 0.25) is 0 Å². The lowest BCUT2D eigenvalue weighted by molar-refractivity contribution is -0.0511. The van der Waals surface area contributed by atoms with Gasteiger partial charge in [-0.3, -0.25) is 4.57 Å². The first-order valence-electron chi connectivity index (χ1n) is 9.49. The zero-order valence-electron chi connectivity index (χ0n) is 18.0. The molecule has 11 N–H and O–H groups in total. The van der Waals surface area contributed by atoms with Crippen LogP contribution in [0.25, 0.3) is 11.2 Å². The van der Waals surface area contributed by atoms with Crippen LogP contribution in [0.1, 0.15) is 11.8 Å². The summed E-state index contributed by atoms with van der Waals surface area (Å²) >= 11 is 1.30. The molecule has 0 radical (unpaired) electrons. The lowest BCUT2D eigenvalue weighted by atomic mass is 10.1. The van der Waals surface area contributed by atoms with E-state index >= 15 is 0 Å². The molecule has 188 valence electrons. The van der Waals surface area contributed by atoms with Crippen molar-refractivity contribution in [3.8, 4) is 0 Å². The van der Waals surface area contributed by atoms with E-state index in [2.05, 4.69) is 15.0 Å². The number of benzene rings is 1. The summed E-state index contributed by atoms with van der Waals surface area (Å²) in [6.45, 7) is -0.457. The summed E-state index contributed by atoms with van der Waals surface area (Å²) in [5.74, 6) is 0.671. The first kappa shape index (κ1) is 27.8. The molecular formula is C18H26N6O8S2. The number of nitrogens with two attached hydrogens (primary N) is 1. The topological polar surface area (TPSA) is 265 Å². The van der Waals surface area contributed by atoms with Gasteiger partial charge in [-0.25, -0.2) is 23.4 Å². The van der Waals surface area contributed by atoms with Crippen LogP contribution in [0.5, 0.6) is 0 Å². The number of imidazole rings is 1. The van der Waals surface area contributed by atoms with Crippen molar-refractivity contribution in [1.82, 2.24) is 25.7 Å². The molecule has 3 aromatic rings. The first-order chi connectivity index (χ1) is 15.2. The number of anilines is 1. The maximum Gasteiger partial charge on any atom is 0.191 e. The summed E-state index contributed by atoms with van der Waals surface area (Å²) in [5.41, 5.74) is 7.45. The van der Waals surface area contributed by atoms with Crippen molar-refractivity contribution in [2.45, 2.75) is 41.0 Å². The van der Waals surface area contributed by atoms with Gasteiger partial charge in [0.05, 0.1) is 17.8 Å². The second kappa shape index (κ2) is 10.9. The molecule has 4 atom stereocenters. The monoisotopic (exact) mass is 518 g/mol. The summed E-state index contributed by atoms with van der Waals surface area (Å²) < 4.78 is 40.0. The number of aryl methyl sites for hydroxylation is 1. The Balaban J connectivity index is 0.00000204. The summed E-state index contributed by atoms with van der Waals surface area (Å²) in [5, 5.41) is 30.0. The third kappa shape index (κ3) is 5.45. The molecule has 1 aliphatic rings.